The molecule has 3 rings (SSSR count). The first-order valence-electron chi connectivity index (χ1n) is 6.11. The summed E-state index contributed by atoms with van der Waals surface area (Å²) in [7, 11) is 0. The van der Waals surface area contributed by atoms with Gasteiger partial charge in [0.1, 0.15) is 0 Å². The quantitative estimate of drug-likeness (QED) is 0.814. The van der Waals surface area contributed by atoms with Gasteiger partial charge in [0.2, 0.25) is 5.75 Å². The summed E-state index contributed by atoms with van der Waals surface area (Å²) in [4.78, 5) is 4.20. The third kappa shape index (κ3) is 1.87. The van der Waals surface area contributed by atoms with Crippen LogP contribution in [0, 0.1) is 0 Å². The average Bonchev–Trinajstić information content (AvgIpc) is 2.39. The van der Waals surface area contributed by atoms with Gasteiger partial charge in [0, 0.05) is 23.4 Å². The molecule has 0 amide bonds. The van der Waals surface area contributed by atoms with Crippen LogP contribution in [0.15, 0.2) is 30.5 Å². The van der Waals surface area contributed by atoms with Crippen molar-refractivity contribution in [1.29, 1.82) is 0 Å². The number of rotatable bonds is 1. The lowest BCUT2D eigenvalue weighted by molar-refractivity contribution is 0.340. The van der Waals surface area contributed by atoms with Crippen LogP contribution in [0.1, 0.15) is 24.3 Å². The Bertz CT molecular complexity index is 533. The highest BCUT2D eigenvalue weighted by molar-refractivity contribution is 5.84. The Kier molecular flexibility index (Phi) is 2.69. The Balaban J connectivity index is 2.15. The van der Waals surface area contributed by atoms with Crippen LogP contribution in [-0.2, 0) is 5.11 Å². The van der Waals surface area contributed by atoms with E-state index in [0.29, 0.717) is 5.92 Å². The average molecular weight is 227 g/mol. The molecule has 1 N–H and O–H groups in total. The van der Waals surface area contributed by atoms with E-state index in [1.807, 2.05) is 24.3 Å². The Labute approximate surface area is 100 Å². The lowest BCUT2D eigenvalue weighted by Crippen LogP contribution is -2.28. The van der Waals surface area contributed by atoms with Crippen LogP contribution in [0.25, 0.3) is 10.9 Å². The van der Waals surface area contributed by atoms with Crippen LogP contribution in [0.2, 0.25) is 0 Å². The van der Waals surface area contributed by atoms with Crippen LogP contribution < -0.4 is 5.32 Å². The number of fused-ring (bicyclic) bond motifs is 1. The summed E-state index contributed by atoms with van der Waals surface area (Å²) in [6, 6.07) is 7.91. The van der Waals surface area contributed by atoms with Gasteiger partial charge < -0.3 is 5.32 Å². The maximum Gasteiger partial charge on any atom is 0.201 e. The van der Waals surface area contributed by atoms with E-state index in [2.05, 4.69) is 10.3 Å². The van der Waals surface area contributed by atoms with E-state index < -0.39 is 0 Å². The monoisotopic (exact) mass is 227 g/mol. The van der Waals surface area contributed by atoms with Crippen molar-refractivity contribution in [2.45, 2.75) is 18.8 Å². The Morgan fingerprint density at radius 2 is 2.18 bits per heavy atom. The predicted molar refractivity (Wildman–Crippen MR) is 66.7 cm³/mol. The van der Waals surface area contributed by atoms with E-state index >= 15 is 0 Å². The second-order valence-electron chi connectivity index (χ2n) is 4.60. The summed E-state index contributed by atoms with van der Waals surface area (Å²) >= 11 is 0. The minimum Gasteiger partial charge on any atom is -0.316 e. The third-order valence-electron chi connectivity index (χ3n) is 3.49. The molecule has 0 bridgehead atoms. The number of nitrogens with zero attached hydrogens (tertiary/aromatic N) is 1. The van der Waals surface area contributed by atoms with Gasteiger partial charge in [-0.25, -0.2) is 0 Å². The summed E-state index contributed by atoms with van der Waals surface area (Å²) in [5, 5.41) is 16.4. The first-order chi connectivity index (χ1) is 8.36. The second kappa shape index (κ2) is 4.34. The molecule has 17 heavy (non-hydrogen) atoms. The summed E-state index contributed by atoms with van der Waals surface area (Å²) in [6.07, 6.45) is 3.70. The third-order valence-corrected chi connectivity index (χ3v) is 3.49. The number of hydrogen-bond donors (Lipinski definition) is 1. The van der Waals surface area contributed by atoms with E-state index in [1.165, 1.54) is 6.20 Å². The van der Waals surface area contributed by atoms with Crippen molar-refractivity contribution in [3.8, 4) is 5.75 Å². The summed E-state index contributed by atoms with van der Waals surface area (Å²) in [6.45, 7) is 1.97. The van der Waals surface area contributed by atoms with Gasteiger partial charge in [-0.05, 0) is 25.5 Å². The van der Waals surface area contributed by atoms with Gasteiger partial charge in [0.25, 0.3) is 0 Å². The van der Waals surface area contributed by atoms with Crippen molar-refractivity contribution in [1.82, 2.24) is 10.3 Å². The molecule has 1 radical (unpaired) electrons. The Morgan fingerprint density at radius 3 is 3.00 bits per heavy atom. The molecule has 0 saturated carbocycles. The second-order valence-corrected chi connectivity index (χ2v) is 4.60. The SMILES string of the molecule is [O]c1cnc2ccccc2c1C1CCCNC1. The molecule has 1 aliphatic rings. The molecule has 1 saturated heterocycles. The first kappa shape index (κ1) is 10.5. The van der Waals surface area contributed by atoms with E-state index in [4.69, 9.17) is 0 Å². The molecule has 1 aromatic carbocycles. The number of piperidine rings is 1. The van der Waals surface area contributed by atoms with Crippen LogP contribution in [0.5, 0.6) is 5.75 Å². The largest absolute Gasteiger partial charge is 0.316 e. The first-order valence-corrected chi connectivity index (χ1v) is 6.11. The lowest BCUT2D eigenvalue weighted by Gasteiger charge is -2.24. The highest BCUT2D eigenvalue weighted by Gasteiger charge is 2.21. The van der Waals surface area contributed by atoms with Gasteiger partial charge in [-0.3, -0.25) is 10.1 Å². The van der Waals surface area contributed by atoms with E-state index in [0.717, 1.165) is 42.4 Å². The number of hydrogen-bond acceptors (Lipinski definition) is 2. The topological polar surface area (TPSA) is 44.8 Å². The van der Waals surface area contributed by atoms with Crippen molar-refractivity contribution >= 4 is 10.9 Å². The molecule has 0 aliphatic carbocycles. The molecule has 3 nitrogen and oxygen atoms in total. The fourth-order valence-electron chi connectivity index (χ4n) is 2.66. The standard InChI is InChI=1S/C14H15N2O/c17-13-9-16-12-6-2-1-5-11(12)14(13)10-4-3-7-15-8-10/h1-2,5-6,9-10,15H,3-4,7-8H2. The van der Waals surface area contributed by atoms with Crippen molar-refractivity contribution in [3.05, 3.63) is 36.0 Å². The van der Waals surface area contributed by atoms with Crippen molar-refractivity contribution < 1.29 is 5.11 Å². The zero-order chi connectivity index (χ0) is 11.7. The summed E-state index contributed by atoms with van der Waals surface area (Å²) < 4.78 is 0. The molecule has 1 fully saturated rings. The minimum atomic E-state index is 0.0809. The van der Waals surface area contributed by atoms with Crippen LogP contribution in [0.3, 0.4) is 0 Å². The minimum absolute atomic E-state index is 0.0809. The number of nitrogens with one attached hydrogen (secondary N) is 1. The lowest BCUT2D eigenvalue weighted by atomic mass is 9.89. The number of para-hydroxylation sites is 1. The fraction of sp³-hybridized carbons (Fsp3) is 0.357. The van der Waals surface area contributed by atoms with E-state index in [1.54, 1.807) is 0 Å². The van der Waals surface area contributed by atoms with Crippen molar-refractivity contribution in [2.24, 2.45) is 0 Å². The van der Waals surface area contributed by atoms with Crippen LogP contribution in [0.4, 0.5) is 0 Å². The number of aromatic nitrogens is 1. The van der Waals surface area contributed by atoms with Crippen molar-refractivity contribution in [3.63, 3.8) is 0 Å². The molecule has 0 spiro atoms. The highest BCUT2D eigenvalue weighted by Crippen LogP contribution is 2.35. The van der Waals surface area contributed by atoms with Gasteiger partial charge in [0.15, 0.2) is 0 Å². The Morgan fingerprint density at radius 1 is 1.29 bits per heavy atom. The normalized spacial score (nSPS) is 20.6. The molecule has 3 heteroatoms. The van der Waals surface area contributed by atoms with E-state index in [-0.39, 0.29) is 5.75 Å². The molecular weight excluding hydrogens is 212 g/mol. The van der Waals surface area contributed by atoms with Crippen molar-refractivity contribution in [2.75, 3.05) is 13.1 Å². The summed E-state index contributed by atoms with van der Waals surface area (Å²) in [5.74, 6) is 0.418. The molecule has 2 aromatic rings. The van der Waals surface area contributed by atoms with E-state index in [9.17, 15) is 5.11 Å². The molecule has 1 aromatic heterocycles. The smallest absolute Gasteiger partial charge is 0.201 e. The molecule has 87 valence electrons. The highest BCUT2D eigenvalue weighted by atomic mass is 16.3. The van der Waals surface area contributed by atoms with Gasteiger partial charge in [-0.15, -0.1) is 0 Å². The summed E-state index contributed by atoms with van der Waals surface area (Å²) in [5.41, 5.74) is 1.87. The maximum atomic E-state index is 12.0. The zero-order valence-electron chi connectivity index (χ0n) is 9.65. The van der Waals surface area contributed by atoms with Crippen LogP contribution in [-0.4, -0.2) is 18.1 Å². The maximum absolute atomic E-state index is 12.0. The van der Waals surface area contributed by atoms with Gasteiger partial charge in [-0.2, -0.15) is 0 Å². The fourth-order valence-corrected chi connectivity index (χ4v) is 2.66. The van der Waals surface area contributed by atoms with Gasteiger partial charge >= 0.3 is 0 Å². The zero-order valence-corrected chi connectivity index (χ0v) is 9.65. The van der Waals surface area contributed by atoms with Crippen LogP contribution >= 0.6 is 0 Å². The molecular formula is C14H15N2O. The number of pyridine rings is 1. The molecule has 1 unspecified atom stereocenters. The number of benzene rings is 1. The van der Waals surface area contributed by atoms with Gasteiger partial charge in [-0.1, -0.05) is 18.2 Å². The molecule has 1 atom stereocenters. The predicted octanol–water partition coefficient (Wildman–Crippen LogP) is 2.85. The Hall–Kier alpha value is -1.61. The van der Waals surface area contributed by atoms with Gasteiger partial charge in [0.05, 0.1) is 11.7 Å². The molecule has 2 heterocycles. The molecule has 1 aliphatic heterocycles.